The summed E-state index contributed by atoms with van der Waals surface area (Å²) in [5, 5.41) is 11.3. The van der Waals surface area contributed by atoms with Gasteiger partial charge in [-0.3, -0.25) is 14.4 Å². The first kappa shape index (κ1) is 14.9. The van der Waals surface area contributed by atoms with E-state index in [-0.39, 0.29) is 5.91 Å². The summed E-state index contributed by atoms with van der Waals surface area (Å²) in [6.07, 6.45) is 5.34. The largest absolute Gasteiger partial charge is 0.349 e. The van der Waals surface area contributed by atoms with Crippen molar-refractivity contribution in [2.24, 2.45) is 12.5 Å². The molecule has 2 aromatic heterocycles. The van der Waals surface area contributed by atoms with Crippen LogP contribution in [0.2, 0.25) is 0 Å². The van der Waals surface area contributed by atoms with Crippen LogP contribution in [0.25, 0.3) is 0 Å². The van der Waals surface area contributed by atoms with Crippen LogP contribution in [0, 0.1) is 5.41 Å². The lowest BCUT2D eigenvalue weighted by Crippen LogP contribution is -2.51. The number of nitrogens with one attached hydrogen (secondary N) is 1. The Bertz CT molecular complexity index is 687. The van der Waals surface area contributed by atoms with Crippen LogP contribution >= 0.6 is 11.3 Å². The SMILES string of the molecule is Cn1nccc1CN1CCC2(CC(NC(=O)c3ccsc3)C2)C1. The highest BCUT2D eigenvalue weighted by atomic mass is 32.1. The van der Waals surface area contributed by atoms with Crippen molar-refractivity contribution in [3.63, 3.8) is 0 Å². The number of thiophene rings is 1. The highest BCUT2D eigenvalue weighted by molar-refractivity contribution is 7.08. The van der Waals surface area contributed by atoms with E-state index in [0.29, 0.717) is 11.5 Å². The van der Waals surface area contributed by atoms with E-state index >= 15 is 0 Å². The predicted molar refractivity (Wildman–Crippen MR) is 90.3 cm³/mol. The number of rotatable bonds is 4. The molecule has 2 fully saturated rings. The molecular weight excluding hydrogens is 308 g/mol. The summed E-state index contributed by atoms with van der Waals surface area (Å²) in [5.41, 5.74) is 2.48. The maximum absolute atomic E-state index is 12.1. The summed E-state index contributed by atoms with van der Waals surface area (Å²) in [4.78, 5) is 14.6. The van der Waals surface area contributed by atoms with Gasteiger partial charge in [0.2, 0.25) is 0 Å². The van der Waals surface area contributed by atoms with Crippen LogP contribution in [-0.2, 0) is 13.6 Å². The zero-order valence-electron chi connectivity index (χ0n) is 13.4. The Kier molecular flexibility index (Phi) is 3.73. The monoisotopic (exact) mass is 330 g/mol. The highest BCUT2D eigenvalue weighted by Crippen LogP contribution is 2.48. The van der Waals surface area contributed by atoms with Crippen molar-refractivity contribution in [3.05, 3.63) is 40.3 Å². The number of carbonyl (C=O) groups is 1. The fourth-order valence-electron chi connectivity index (χ4n) is 4.03. The molecule has 5 nitrogen and oxygen atoms in total. The molecule has 0 unspecified atom stereocenters. The van der Waals surface area contributed by atoms with Crippen molar-refractivity contribution >= 4 is 17.2 Å². The van der Waals surface area contributed by atoms with E-state index in [1.165, 1.54) is 12.1 Å². The lowest BCUT2D eigenvalue weighted by atomic mass is 9.65. The van der Waals surface area contributed by atoms with Gasteiger partial charge in [-0.05, 0) is 48.7 Å². The molecule has 0 atom stereocenters. The Balaban J connectivity index is 1.28. The van der Waals surface area contributed by atoms with E-state index in [4.69, 9.17) is 0 Å². The van der Waals surface area contributed by atoms with Gasteiger partial charge in [-0.2, -0.15) is 16.4 Å². The molecule has 1 saturated heterocycles. The van der Waals surface area contributed by atoms with E-state index in [2.05, 4.69) is 21.4 Å². The van der Waals surface area contributed by atoms with Crippen molar-refractivity contribution in [1.82, 2.24) is 20.0 Å². The van der Waals surface area contributed by atoms with E-state index < -0.39 is 0 Å². The van der Waals surface area contributed by atoms with Gasteiger partial charge in [0, 0.05) is 43.3 Å². The maximum Gasteiger partial charge on any atom is 0.252 e. The van der Waals surface area contributed by atoms with Gasteiger partial charge in [0.1, 0.15) is 0 Å². The molecule has 23 heavy (non-hydrogen) atoms. The summed E-state index contributed by atoms with van der Waals surface area (Å²) >= 11 is 1.57. The Labute approximate surface area is 140 Å². The van der Waals surface area contributed by atoms with Crippen LogP contribution in [0.5, 0.6) is 0 Å². The molecule has 1 aliphatic heterocycles. The van der Waals surface area contributed by atoms with Gasteiger partial charge in [-0.15, -0.1) is 0 Å². The fourth-order valence-corrected chi connectivity index (χ4v) is 4.67. The van der Waals surface area contributed by atoms with Crippen LogP contribution in [-0.4, -0.2) is 39.7 Å². The quantitative estimate of drug-likeness (QED) is 0.935. The lowest BCUT2D eigenvalue weighted by Gasteiger charge is -2.45. The second-order valence-electron chi connectivity index (χ2n) is 7.00. The first-order valence-corrected chi connectivity index (χ1v) is 9.10. The maximum atomic E-state index is 12.1. The van der Waals surface area contributed by atoms with Crippen molar-refractivity contribution < 1.29 is 4.79 Å². The molecule has 1 saturated carbocycles. The summed E-state index contributed by atoms with van der Waals surface area (Å²) in [7, 11) is 2.00. The van der Waals surface area contributed by atoms with Crippen molar-refractivity contribution in [1.29, 1.82) is 0 Å². The zero-order valence-corrected chi connectivity index (χ0v) is 14.2. The molecule has 0 bridgehead atoms. The van der Waals surface area contributed by atoms with Gasteiger partial charge >= 0.3 is 0 Å². The minimum Gasteiger partial charge on any atom is -0.349 e. The lowest BCUT2D eigenvalue weighted by molar-refractivity contribution is 0.0693. The molecule has 2 aromatic rings. The van der Waals surface area contributed by atoms with E-state index in [1.807, 2.05) is 34.8 Å². The molecule has 1 N–H and O–H groups in total. The number of aromatic nitrogens is 2. The third kappa shape index (κ3) is 2.93. The van der Waals surface area contributed by atoms with Gasteiger partial charge in [0.25, 0.3) is 5.91 Å². The van der Waals surface area contributed by atoms with Crippen LogP contribution in [0.3, 0.4) is 0 Å². The van der Waals surface area contributed by atoms with E-state index in [0.717, 1.165) is 38.0 Å². The Morgan fingerprint density at radius 3 is 3.04 bits per heavy atom. The average molecular weight is 330 g/mol. The number of hydrogen-bond donors (Lipinski definition) is 1. The number of likely N-dealkylation sites (tertiary alicyclic amines) is 1. The second-order valence-corrected chi connectivity index (χ2v) is 7.78. The molecule has 1 amide bonds. The Hall–Kier alpha value is -1.66. The van der Waals surface area contributed by atoms with Crippen LogP contribution in [0.1, 0.15) is 35.3 Å². The number of hydrogen-bond acceptors (Lipinski definition) is 4. The van der Waals surface area contributed by atoms with Gasteiger partial charge in [-0.1, -0.05) is 0 Å². The van der Waals surface area contributed by atoms with Crippen LogP contribution in [0.4, 0.5) is 0 Å². The van der Waals surface area contributed by atoms with E-state index in [1.54, 1.807) is 11.3 Å². The van der Waals surface area contributed by atoms with Crippen molar-refractivity contribution in [3.8, 4) is 0 Å². The molecule has 4 rings (SSSR count). The molecule has 3 heterocycles. The van der Waals surface area contributed by atoms with Crippen molar-refractivity contribution in [2.75, 3.05) is 13.1 Å². The van der Waals surface area contributed by atoms with E-state index in [9.17, 15) is 4.79 Å². The topological polar surface area (TPSA) is 50.2 Å². The third-order valence-corrected chi connectivity index (χ3v) is 5.99. The second kappa shape index (κ2) is 5.76. The minimum atomic E-state index is 0.0795. The van der Waals surface area contributed by atoms with Gasteiger partial charge in [-0.25, -0.2) is 0 Å². The summed E-state index contributed by atoms with van der Waals surface area (Å²) in [6, 6.07) is 4.33. The van der Waals surface area contributed by atoms with Gasteiger partial charge in [0.15, 0.2) is 0 Å². The minimum absolute atomic E-state index is 0.0795. The smallest absolute Gasteiger partial charge is 0.252 e. The molecule has 1 aliphatic carbocycles. The normalized spacial score (nSPS) is 27.3. The zero-order chi connectivity index (χ0) is 15.9. The fraction of sp³-hybridized carbons (Fsp3) is 0.529. The summed E-state index contributed by atoms with van der Waals surface area (Å²) in [5.74, 6) is 0.0795. The van der Waals surface area contributed by atoms with Crippen LogP contribution in [0.15, 0.2) is 29.1 Å². The first-order valence-electron chi connectivity index (χ1n) is 8.16. The van der Waals surface area contributed by atoms with Crippen LogP contribution < -0.4 is 5.32 Å². The Morgan fingerprint density at radius 1 is 1.48 bits per heavy atom. The third-order valence-electron chi connectivity index (χ3n) is 5.30. The first-order chi connectivity index (χ1) is 11.1. The highest BCUT2D eigenvalue weighted by Gasteiger charge is 2.48. The molecule has 0 aromatic carbocycles. The number of amides is 1. The molecule has 122 valence electrons. The Morgan fingerprint density at radius 2 is 2.35 bits per heavy atom. The molecule has 2 aliphatic rings. The molecule has 6 heteroatoms. The predicted octanol–water partition coefficient (Wildman–Crippen LogP) is 2.27. The summed E-state index contributed by atoms with van der Waals surface area (Å²) in [6.45, 7) is 3.27. The standard InChI is InChI=1S/C17H22N4OS/c1-20-15(2-5-18-20)10-21-6-4-17(12-21)8-14(9-17)19-16(22)13-3-7-23-11-13/h2-3,5,7,11,14H,4,6,8-10,12H2,1H3,(H,19,22). The molecular formula is C17H22N4OS. The van der Waals surface area contributed by atoms with Gasteiger partial charge < -0.3 is 5.32 Å². The summed E-state index contributed by atoms with van der Waals surface area (Å²) < 4.78 is 1.95. The average Bonchev–Trinajstić information content (AvgIpc) is 3.21. The number of carbonyl (C=O) groups excluding carboxylic acids is 1. The molecule has 1 spiro atoms. The van der Waals surface area contributed by atoms with Gasteiger partial charge in [0.05, 0.1) is 5.69 Å². The van der Waals surface area contributed by atoms with Crippen molar-refractivity contribution in [2.45, 2.75) is 31.8 Å². The number of nitrogens with zero attached hydrogens (tertiary/aromatic N) is 3. The number of aryl methyl sites for hydroxylation is 1. The molecule has 0 radical (unpaired) electrons.